The van der Waals surface area contributed by atoms with Crippen LogP contribution in [-0.4, -0.2) is 31.0 Å². The van der Waals surface area contributed by atoms with Crippen LogP contribution in [0, 0.1) is 0 Å². The van der Waals surface area contributed by atoms with Gasteiger partial charge in [0.25, 0.3) is 0 Å². The Balaban J connectivity index is 1.64. The van der Waals surface area contributed by atoms with Crippen molar-refractivity contribution in [1.82, 2.24) is 10.6 Å². The lowest BCUT2D eigenvalue weighted by molar-refractivity contribution is -0.133. The highest BCUT2D eigenvalue weighted by atomic mass is 16.5. The molecule has 0 radical (unpaired) electrons. The Labute approximate surface area is 147 Å². The minimum Gasteiger partial charge on any atom is -0.359 e. The standard InChI is InChI=1S/C20H22N2O3/c23-18(22-17-12-7-13-21-20(17)24)14-25-19(15-8-3-1-4-9-15)16-10-5-2-6-11-16/h1-6,8-11,17,19H,7,12-14H2,(H,21,24)(H,22,23)/t17-/m0/s1. The highest BCUT2D eigenvalue weighted by molar-refractivity contribution is 5.88. The molecule has 0 saturated carbocycles. The number of rotatable bonds is 6. The van der Waals surface area contributed by atoms with E-state index in [-0.39, 0.29) is 24.5 Å². The fourth-order valence-electron chi connectivity index (χ4n) is 2.95. The first-order valence-electron chi connectivity index (χ1n) is 8.52. The van der Waals surface area contributed by atoms with Gasteiger partial charge in [0.15, 0.2) is 0 Å². The molecule has 2 aromatic carbocycles. The Hall–Kier alpha value is -2.66. The zero-order valence-electron chi connectivity index (χ0n) is 14.0. The molecule has 2 aromatic rings. The number of carbonyl (C=O) groups is 2. The van der Waals surface area contributed by atoms with Crippen LogP contribution in [0.25, 0.3) is 0 Å². The number of nitrogens with one attached hydrogen (secondary N) is 2. The van der Waals surface area contributed by atoms with Gasteiger partial charge in [-0.3, -0.25) is 9.59 Å². The van der Waals surface area contributed by atoms with Crippen molar-refractivity contribution < 1.29 is 14.3 Å². The second-order valence-electron chi connectivity index (χ2n) is 6.07. The van der Waals surface area contributed by atoms with Crippen LogP contribution < -0.4 is 10.6 Å². The summed E-state index contributed by atoms with van der Waals surface area (Å²) in [5.41, 5.74) is 1.97. The fraction of sp³-hybridized carbons (Fsp3) is 0.300. The SMILES string of the molecule is O=C(COC(c1ccccc1)c1ccccc1)N[C@H]1CCCNC1=O. The highest BCUT2D eigenvalue weighted by Gasteiger charge is 2.24. The molecular weight excluding hydrogens is 316 g/mol. The Kier molecular flexibility index (Phi) is 5.80. The van der Waals surface area contributed by atoms with Crippen molar-refractivity contribution in [2.24, 2.45) is 0 Å². The molecule has 1 atom stereocenters. The first-order valence-corrected chi connectivity index (χ1v) is 8.52. The van der Waals surface area contributed by atoms with Crippen molar-refractivity contribution >= 4 is 11.8 Å². The average molecular weight is 338 g/mol. The molecule has 3 rings (SSSR count). The van der Waals surface area contributed by atoms with Gasteiger partial charge in [0.05, 0.1) is 0 Å². The molecule has 1 fully saturated rings. The fourth-order valence-corrected chi connectivity index (χ4v) is 2.95. The zero-order valence-corrected chi connectivity index (χ0v) is 14.0. The van der Waals surface area contributed by atoms with Crippen molar-refractivity contribution in [2.45, 2.75) is 25.0 Å². The third-order valence-electron chi connectivity index (χ3n) is 4.21. The summed E-state index contributed by atoms with van der Waals surface area (Å²) in [6.45, 7) is 0.573. The predicted molar refractivity (Wildman–Crippen MR) is 94.9 cm³/mol. The van der Waals surface area contributed by atoms with Gasteiger partial charge in [-0.25, -0.2) is 0 Å². The van der Waals surface area contributed by atoms with Gasteiger partial charge >= 0.3 is 0 Å². The molecular formula is C20H22N2O3. The van der Waals surface area contributed by atoms with Crippen LogP contribution in [0.1, 0.15) is 30.1 Å². The largest absolute Gasteiger partial charge is 0.359 e. The van der Waals surface area contributed by atoms with E-state index in [4.69, 9.17) is 4.74 Å². The normalized spacial score (nSPS) is 17.2. The van der Waals surface area contributed by atoms with E-state index in [1.807, 2.05) is 60.7 Å². The monoisotopic (exact) mass is 338 g/mol. The molecule has 0 unspecified atom stereocenters. The van der Waals surface area contributed by atoms with Gasteiger partial charge in [-0.15, -0.1) is 0 Å². The van der Waals surface area contributed by atoms with Crippen LogP contribution in [0.15, 0.2) is 60.7 Å². The second kappa shape index (κ2) is 8.44. The van der Waals surface area contributed by atoms with Gasteiger partial charge in [-0.1, -0.05) is 60.7 Å². The number of hydrogen-bond acceptors (Lipinski definition) is 3. The Morgan fingerprint density at radius 3 is 2.24 bits per heavy atom. The van der Waals surface area contributed by atoms with E-state index in [9.17, 15) is 9.59 Å². The average Bonchev–Trinajstić information content (AvgIpc) is 2.66. The number of piperidine rings is 1. The van der Waals surface area contributed by atoms with Crippen LogP contribution in [0.2, 0.25) is 0 Å². The molecule has 1 saturated heterocycles. The highest BCUT2D eigenvalue weighted by Crippen LogP contribution is 2.25. The summed E-state index contributed by atoms with van der Waals surface area (Å²) in [6, 6.07) is 19.1. The number of amides is 2. The zero-order chi connectivity index (χ0) is 17.5. The van der Waals surface area contributed by atoms with Crippen molar-refractivity contribution in [1.29, 1.82) is 0 Å². The third-order valence-corrected chi connectivity index (χ3v) is 4.21. The summed E-state index contributed by atoms with van der Waals surface area (Å²) in [7, 11) is 0. The number of carbonyl (C=O) groups excluding carboxylic acids is 2. The lowest BCUT2D eigenvalue weighted by Gasteiger charge is -2.23. The molecule has 2 amide bonds. The third kappa shape index (κ3) is 4.67. The van der Waals surface area contributed by atoms with Gasteiger partial charge in [0.1, 0.15) is 18.8 Å². The van der Waals surface area contributed by atoms with E-state index in [0.717, 1.165) is 17.5 Å². The molecule has 0 aliphatic carbocycles. The summed E-state index contributed by atoms with van der Waals surface area (Å²) < 4.78 is 5.91. The van der Waals surface area contributed by atoms with E-state index in [1.54, 1.807) is 0 Å². The molecule has 0 aromatic heterocycles. The molecule has 0 spiro atoms. The first-order chi connectivity index (χ1) is 12.2. The Morgan fingerprint density at radius 1 is 1.08 bits per heavy atom. The van der Waals surface area contributed by atoms with Crippen molar-refractivity contribution in [3.05, 3.63) is 71.8 Å². The molecule has 2 N–H and O–H groups in total. The minimum atomic E-state index is -0.461. The quantitative estimate of drug-likeness (QED) is 0.848. The molecule has 1 aliphatic rings. The smallest absolute Gasteiger partial charge is 0.246 e. The maximum Gasteiger partial charge on any atom is 0.246 e. The predicted octanol–water partition coefficient (Wildman–Crippen LogP) is 2.19. The van der Waals surface area contributed by atoms with Gasteiger partial charge in [-0.05, 0) is 24.0 Å². The lowest BCUT2D eigenvalue weighted by atomic mass is 10.0. The molecule has 5 heteroatoms. The van der Waals surface area contributed by atoms with Crippen LogP contribution in [0.3, 0.4) is 0 Å². The Morgan fingerprint density at radius 2 is 1.68 bits per heavy atom. The van der Waals surface area contributed by atoms with Crippen molar-refractivity contribution in [3.8, 4) is 0 Å². The number of ether oxygens (including phenoxy) is 1. The maximum atomic E-state index is 12.2. The summed E-state index contributed by atoms with van der Waals surface area (Å²) in [6.07, 6.45) is 1.21. The lowest BCUT2D eigenvalue weighted by Crippen LogP contribution is -2.51. The Bertz CT molecular complexity index is 664. The topological polar surface area (TPSA) is 67.4 Å². The van der Waals surface area contributed by atoms with E-state index in [1.165, 1.54) is 0 Å². The van der Waals surface area contributed by atoms with Crippen molar-refractivity contribution in [3.63, 3.8) is 0 Å². The number of benzene rings is 2. The summed E-state index contributed by atoms with van der Waals surface area (Å²) in [5, 5.41) is 5.51. The maximum absolute atomic E-state index is 12.2. The van der Waals surface area contributed by atoms with E-state index in [2.05, 4.69) is 10.6 Å². The molecule has 0 bridgehead atoms. The molecule has 25 heavy (non-hydrogen) atoms. The number of hydrogen-bond donors (Lipinski definition) is 2. The first kappa shape index (κ1) is 17.2. The van der Waals surface area contributed by atoms with Crippen LogP contribution in [0.4, 0.5) is 0 Å². The van der Waals surface area contributed by atoms with E-state index < -0.39 is 6.04 Å². The van der Waals surface area contributed by atoms with Gasteiger partial charge in [0, 0.05) is 6.54 Å². The minimum absolute atomic E-state index is 0.0990. The molecule has 1 heterocycles. The van der Waals surface area contributed by atoms with Gasteiger partial charge in [-0.2, -0.15) is 0 Å². The molecule has 1 aliphatic heterocycles. The van der Waals surface area contributed by atoms with Gasteiger partial charge < -0.3 is 15.4 Å². The molecule has 5 nitrogen and oxygen atoms in total. The van der Waals surface area contributed by atoms with Crippen LogP contribution in [-0.2, 0) is 14.3 Å². The van der Waals surface area contributed by atoms with E-state index in [0.29, 0.717) is 13.0 Å². The summed E-state index contributed by atoms with van der Waals surface area (Å²) >= 11 is 0. The van der Waals surface area contributed by atoms with Gasteiger partial charge in [0.2, 0.25) is 11.8 Å². The van der Waals surface area contributed by atoms with E-state index >= 15 is 0 Å². The van der Waals surface area contributed by atoms with Crippen LogP contribution >= 0.6 is 0 Å². The van der Waals surface area contributed by atoms with Crippen LogP contribution in [0.5, 0.6) is 0 Å². The summed E-state index contributed by atoms with van der Waals surface area (Å²) in [5.74, 6) is -0.402. The molecule has 130 valence electrons. The second-order valence-corrected chi connectivity index (χ2v) is 6.07. The summed E-state index contributed by atoms with van der Waals surface area (Å²) in [4.78, 5) is 24.0. The van der Waals surface area contributed by atoms with Crippen molar-refractivity contribution in [2.75, 3.05) is 13.2 Å².